The summed E-state index contributed by atoms with van der Waals surface area (Å²) in [5, 5.41) is 0. The van der Waals surface area contributed by atoms with E-state index < -0.39 is 9.28 Å². The summed E-state index contributed by atoms with van der Waals surface area (Å²) >= 11 is 0. The topological polar surface area (TPSA) is 18.5 Å². The molecule has 1 aliphatic rings. The molecule has 1 atom stereocenters. The van der Waals surface area contributed by atoms with Crippen molar-refractivity contribution >= 4 is 9.28 Å². The lowest BCUT2D eigenvalue weighted by Gasteiger charge is -2.41. The molecule has 16 heavy (non-hydrogen) atoms. The quantitative estimate of drug-likeness (QED) is 0.705. The van der Waals surface area contributed by atoms with Crippen LogP contribution in [0.1, 0.15) is 52.9 Å². The predicted octanol–water partition coefficient (Wildman–Crippen LogP) is 3.50. The average molecular weight is 244 g/mol. The molecule has 1 fully saturated rings. The van der Waals surface area contributed by atoms with Gasteiger partial charge in [0.2, 0.25) is 0 Å². The van der Waals surface area contributed by atoms with E-state index in [1.54, 1.807) is 0 Å². The summed E-state index contributed by atoms with van der Waals surface area (Å²) in [6.07, 6.45) is 6.95. The van der Waals surface area contributed by atoms with Crippen LogP contribution >= 0.6 is 0 Å². The molecule has 0 bridgehead atoms. The Morgan fingerprint density at radius 1 is 1.00 bits per heavy atom. The summed E-state index contributed by atoms with van der Waals surface area (Å²) < 4.78 is 11.3. The van der Waals surface area contributed by atoms with Crippen LogP contribution in [0.2, 0.25) is 5.54 Å². The van der Waals surface area contributed by atoms with Crippen molar-refractivity contribution in [2.75, 3.05) is 14.2 Å². The smallest absolute Gasteiger partial charge is 0.324 e. The van der Waals surface area contributed by atoms with E-state index >= 15 is 0 Å². The second-order valence-corrected chi connectivity index (χ2v) is 8.53. The third-order valence-corrected chi connectivity index (χ3v) is 6.98. The molecule has 1 saturated carbocycles. The largest absolute Gasteiger partial charge is 0.400 e. The molecule has 0 aromatic heterocycles. The second-order valence-electron chi connectivity index (χ2n) is 6.13. The Labute approximate surface area is 103 Å². The Hall–Kier alpha value is 0.137. The molecule has 3 heteroatoms. The number of hydrogen-bond acceptors (Lipinski definition) is 2. The molecule has 0 aromatic carbocycles. The first-order valence-corrected chi connectivity index (χ1v) is 8.17. The molecule has 0 radical (unpaired) electrons. The van der Waals surface area contributed by atoms with Crippen molar-refractivity contribution in [1.82, 2.24) is 0 Å². The zero-order chi connectivity index (χ0) is 12.2. The molecule has 0 aliphatic heterocycles. The molecule has 1 rings (SSSR count). The van der Waals surface area contributed by atoms with E-state index in [-0.39, 0.29) is 0 Å². The second kappa shape index (κ2) is 6.17. The minimum absolute atomic E-state index is 0.310. The summed E-state index contributed by atoms with van der Waals surface area (Å²) in [7, 11) is 2.14. The van der Waals surface area contributed by atoms with E-state index in [2.05, 4.69) is 20.8 Å². The summed E-state index contributed by atoms with van der Waals surface area (Å²) in [5.41, 5.74) is 0.952. The molecule has 0 spiro atoms. The molecular weight excluding hydrogens is 216 g/mol. The Morgan fingerprint density at radius 3 is 1.88 bits per heavy atom. The third-order valence-electron chi connectivity index (χ3n) is 3.92. The summed E-state index contributed by atoms with van der Waals surface area (Å²) in [5.74, 6) is 0.824. The Balaban J connectivity index is 2.76. The van der Waals surface area contributed by atoms with Gasteiger partial charge in [0.05, 0.1) is 0 Å². The van der Waals surface area contributed by atoms with Gasteiger partial charge in [-0.2, -0.15) is 0 Å². The van der Waals surface area contributed by atoms with Crippen molar-refractivity contribution in [1.29, 1.82) is 0 Å². The standard InChI is InChI=1S/C13H28O2Si/c1-13(2,3)12(16(14-4)15-5)11-9-7-6-8-10-11/h11-12,16H,6-10H2,1-5H3. The summed E-state index contributed by atoms with van der Waals surface area (Å²) in [4.78, 5) is 0. The van der Waals surface area contributed by atoms with Crippen molar-refractivity contribution in [2.24, 2.45) is 11.3 Å². The molecule has 0 aromatic rings. The minimum atomic E-state index is -1.51. The van der Waals surface area contributed by atoms with Crippen molar-refractivity contribution in [2.45, 2.75) is 58.4 Å². The number of hydrogen-bond donors (Lipinski definition) is 0. The fraction of sp³-hybridized carbons (Fsp3) is 1.00. The fourth-order valence-corrected chi connectivity index (χ4v) is 5.65. The molecule has 2 nitrogen and oxygen atoms in total. The van der Waals surface area contributed by atoms with Gasteiger partial charge in [-0.25, -0.2) is 0 Å². The molecule has 0 saturated heterocycles. The number of rotatable bonds is 4. The van der Waals surface area contributed by atoms with Gasteiger partial charge in [0.1, 0.15) is 0 Å². The van der Waals surface area contributed by atoms with Crippen molar-refractivity contribution in [3.05, 3.63) is 0 Å². The van der Waals surface area contributed by atoms with Gasteiger partial charge in [0.25, 0.3) is 0 Å². The highest BCUT2D eigenvalue weighted by molar-refractivity contribution is 6.46. The van der Waals surface area contributed by atoms with E-state index in [1.807, 2.05) is 14.2 Å². The first kappa shape index (κ1) is 14.2. The fourth-order valence-electron chi connectivity index (χ4n) is 3.22. The lowest BCUT2D eigenvalue weighted by atomic mass is 9.77. The monoisotopic (exact) mass is 244 g/mol. The van der Waals surface area contributed by atoms with Crippen molar-refractivity contribution in [3.8, 4) is 0 Å². The first-order chi connectivity index (χ1) is 7.50. The van der Waals surface area contributed by atoms with Gasteiger partial charge < -0.3 is 8.85 Å². The summed E-state index contributed by atoms with van der Waals surface area (Å²) in [6.45, 7) is 7.01. The van der Waals surface area contributed by atoms with E-state index in [1.165, 1.54) is 32.1 Å². The molecule has 0 N–H and O–H groups in total. The minimum Gasteiger partial charge on any atom is -0.400 e. The highest BCUT2D eigenvalue weighted by Gasteiger charge is 2.40. The molecule has 1 unspecified atom stereocenters. The van der Waals surface area contributed by atoms with Crippen LogP contribution in [-0.2, 0) is 8.85 Å². The van der Waals surface area contributed by atoms with Gasteiger partial charge >= 0.3 is 9.28 Å². The Kier molecular flexibility index (Phi) is 5.48. The van der Waals surface area contributed by atoms with Crippen LogP contribution in [-0.4, -0.2) is 23.5 Å². The zero-order valence-electron chi connectivity index (χ0n) is 11.6. The van der Waals surface area contributed by atoms with Gasteiger partial charge in [-0.05, 0) is 11.3 Å². The maximum Gasteiger partial charge on any atom is 0.324 e. The van der Waals surface area contributed by atoms with Gasteiger partial charge in [-0.3, -0.25) is 0 Å². The Morgan fingerprint density at radius 2 is 1.50 bits per heavy atom. The van der Waals surface area contributed by atoms with Gasteiger partial charge in [-0.1, -0.05) is 52.9 Å². The normalized spacial score (nSPS) is 21.4. The van der Waals surface area contributed by atoms with E-state index in [4.69, 9.17) is 8.85 Å². The van der Waals surface area contributed by atoms with E-state index in [0.29, 0.717) is 11.0 Å². The van der Waals surface area contributed by atoms with Crippen LogP contribution in [0.25, 0.3) is 0 Å². The third kappa shape index (κ3) is 3.57. The van der Waals surface area contributed by atoms with Crippen LogP contribution in [0.15, 0.2) is 0 Å². The maximum atomic E-state index is 5.66. The molecule has 0 amide bonds. The van der Waals surface area contributed by atoms with Gasteiger partial charge in [0.15, 0.2) is 0 Å². The van der Waals surface area contributed by atoms with Gasteiger partial charge in [-0.15, -0.1) is 0 Å². The molecule has 96 valence electrons. The lowest BCUT2D eigenvalue weighted by Crippen LogP contribution is -2.39. The van der Waals surface area contributed by atoms with Crippen LogP contribution in [0.4, 0.5) is 0 Å². The van der Waals surface area contributed by atoms with Crippen molar-refractivity contribution < 1.29 is 8.85 Å². The highest BCUT2D eigenvalue weighted by Crippen LogP contribution is 2.46. The van der Waals surface area contributed by atoms with Crippen LogP contribution in [0.5, 0.6) is 0 Å². The van der Waals surface area contributed by atoms with Gasteiger partial charge in [0, 0.05) is 19.8 Å². The van der Waals surface area contributed by atoms with Crippen LogP contribution < -0.4 is 0 Å². The highest BCUT2D eigenvalue weighted by atomic mass is 28.3. The average Bonchev–Trinajstić information content (AvgIpc) is 2.25. The predicted molar refractivity (Wildman–Crippen MR) is 70.9 cm³/mol. The zero-order valence-corrected chi connectivity index (χ0v) is 12.7. The molecule has 0 heterocycles. The SMILES string of the molecule is CO[SiH](OC)C(C1CCCCC1)C(C)(C)C. The van der Waals surface area contributed by atoms with Crippen molar-refractivity contribution in [3.63, 3.8) is 0 Å². The van der Waals surface area contributed by atoms with E-state index in [9.17, 15) is 0 Å². The molecule has 1 aliphatic carbocycles. The van der Waals surface area contributed by atoms with Crippen LogP contribution in [0, 0.1) is 11.3 Å². The molecular formula is C13H28O2Si. The lowest BCUT2D eigenvalue weighted by molar-refractivity contribution is 0.171. The Bertz CT molecular complexity index is 191. The first-order valence-electron chi connectivity index (χ1n) is 6.56. The van der Waals surface area contributed by atoms with Crippen LogP contribution in [0.3, 0.4) is 0 Å². The maximum absolute atomic E-state index is 5.66. The summed E-state index contributed by atoms with van der Waals surface area (Å²) in [6, 6.07) is 0. The van der Waals surface area contributed by atoms with E-state index in [0.717, 1.165) is 5.92 Å².